The molecule has 88 valence electrons. The van der Waals surface area contributed by atoms with Gasteiger partial charge in [-0.2, -0.15) is 0 Å². The van der Waals surface area contributed by atoms with Gasteiger partial charge in [0.2, 0.25) is 0 Å². The fourth-order valence-electron chi connectivity index (χ4n) is 2.19. The standard InChI is InChI=1S/C13H17N.C2H6/c1-7-6-8(2)13-12(9(7)3)10(4)11(5)14-13;1-2/h6,14H,1-5H3;1-2H3. The molecule has 1 heteroatoms. The van der Waals surface area contributed by atoms with Crippen molar-refractivity contribution in [3.63, 3.8) is 0 Å². The smallest absolute Gasteiger partial charge is 0.0491 e. The fourth-order valence-corrected chi connectivity index (χ4v) is 2.19. The van der Waals surface area contributed by atoms with Crippen LogP contribution in [0.4, 0.5) is 0 Å². The monoisotopic (exact) mass is 217 g/mol. The second kappa shape index (κ2) is 4.73. The van der Waals surface area contributed by atoms with Crippen LogP contribution in [0.2, 0.25) is 0 Å². The van der Waals surface area contributed by atoms with Gasteiger partial charge in [0.05, 0.1) is 0 Å². The predicted octanol–water partition coefficient (Wildman–Crippen LogP) is 4.74. The molecule has 0 saturated heterocycles. The molecule has 2 aromatic rings. The van der Waals surface area contributed by atoms with E-state index in [0.717, 1.165) is 0 Å². The van der Waals surface area contributed by atoms with Crippen molar-refractivity contribution in [2.75, 3.05) is 0 Å². The summed E-state index contributed by atoms with van der Waals surface area (Å²) in [6, 6.07) is 2.26. The normalized spacial score (nSPS) is 10.2. The number of fused-ring (bicyclic) bond motifs is 1. The number of aromatic amines is 1. The van der Waals surface area contributed by atoms with Crippen LogP contribution in [0.25, 0.3) is 10.9 Å². The Morgan fingerprint density at radius 2 is 1.38 bits per heavy atom. The molecule has 0 unspecified atom stereocenters. The number of H-pyrrole nitrogens is 1. The first-order valence-electron chi connectivity index (χ1n) is 6.08. The highest BCUT2D eigenvalue weighted by Gasteiger charge is 2.10. The van der Waals surface area contributed by atoms with E-state index in [4.69, 9.17) is 0 Å². The molecule has 0 amide bonds. The van der Waals surface area contributed by atoms with E-state index in [2.05, 4.69) is 45.7 Å². The summed E-state index contributed by atoms with van der Waals surface area (Å²) in [5.74, 6) is 0. The third kappa shape index (κ3) is 1.87. The Labute approximate surface area is 98.9 Å². The summed E-state index contributed by atoms with van der Waals surface area (Å²) in [4.78, 5) is 3.46. The zero-order chi connectivity index (χ0) is 12.5. The second-order valence-electron chi connectivity index (χ2n) is 4.26. The van der Waals surface area contributed by atoms with Crippen molar-refractivity contribution in [2.45, 2.75) is 48.5 Å². The predicted molar refractivity (Wildman–Crippen MR) is 73.3 cm³/mol. The highest BCUT2D eigenvalue weighted by molar-refractivity contribution is 5.90. The summed E-state index contributed by atoms with van der Waals surface area (Å²) < 4.78 is 0. The molecule has 0 aliphatic rings. The van der Waals surface area contributed by atoms with Gasteiger partial charge in [-0.25, -0.2) is 0 Å². The molecule has 1 nitrogen and oxygen atoms in total. The zero-order valence-corrected chi connectivity index (χ0v) is 11.6. The number of aromatic nitrogens is 1. The van der Waals surface area contributed by atoms with Crippen molar-refractivity contribution in [1.82, 2.24) is 4.98 Å². The Kier molecular flexibility index (Phi) is 3.79. The maximum atomic E-state index is 3.46. The second-order valence-corrected chi connectivity index (χ2v) is 4.26. The Morgan fingerprint density at radius 1 is 0.812 bits per heavy atom. The van der Waals surface area contributed by atoms with E-state index in [1.165, 1.54) is 38.9 Å². The molecule has 1 N–H and O–H groups in total. The van der Waals surface area contributed by atoms with Crippen molar-refractivity contribution in [1.29, 1.82) is 0 Å². The van der Waals surface area contributed by atoms with Crippen LogP contribution in [0.3, 0.4) is 0 Å². The fraction of sp³-hybridized carbons (Fsp3) is 0.467. The van der Waals surface area contributed by atoms with E-state index in [0.29, 0.717) is 0 Å². The van der Waals surface area contributed by atoms with E-state index < -0.39 is 0 Å². The summed E-state index contributed by atoms with van der Waals surface area (Å²) in [6.45, 7) is 14.9. The molecule has 0 saturated carbocycles. The first-order chi connectivity index (χ1) is 7.52. The Balaban J connectivity index is 0.000000606. The lowest BCUT2D eigenvalue weighted by atomic mass is 9.99. The van der Waals surface area contributed by atoms with E-state index in [9.17, 15) is 0 Å². The SMILES string of the molecule is CC.Cc1cc(C)c2[nH]c(C)c(C)c2c1C. The lowest BCUT2D eigenvalue weighted by molar-refractivity contribution is 1.25. The van der Waals surface area contributed by atoms with Crippen LogP contribution in [0.5, 0.6) is 0 Å². The molecule has 0 aliphatic heterocycles. The topological polar surface area (TPSA) is 15.8 Å². The minimum Gasteiger partial charge on any atom is -0.358 e. The Morgan fingerprint density at radius 3 is 1.94 bits per heavy atom. The average Bonchev–Trinajstić information content (AvgIpc) is 2.56. The third-order valence-corrected chi connectivity index (χ3v) is 3.29. The van der Waals surface area contributed by atoms with Crippen LogP contribution in [0, 0.1) is 34.6 Å². The van der Waals surface area contributed by atoms with Gasteiger partial charge in [-0.15, -0.1) is 0 Å². The van der Waals surface area contributed by atoms with Gasteiger partial charge in [0, 0.05) is 16.6 Å². The largest absolute Gasteiger partial charge is 0.358 e. The van der Waals surface area contributed by atoms with E-state index in [-0.39, 0.29) is 0 Å². The van der Waals surface area contributed by atoms with Gasteiger partial charge in [0.25, 0.3) is 0 Å². The van der Waals surface area contributed by atoms with Crippen LogP contribution in [-0.2, 0) is 0 Å². The number of benzene rings is 1. The maximum Gasteiger partial charge on any atom is 0.0491 e. The van der Waals surface area contributed by atoms with Crippen molar-refractivity contribution in [3.8, 4) is 0 Å². The van der Waals surface area contributed by atoms with Crippen LogP contribution >= 0.6 is 0 Å². The minimum atomic E-state index is 1.29. The molecule has 1 aromatic carbocycles. The molecule has 0 atom stereocenters. The van der Waals surface area contributed by atoms with Crippen molar-refractivity contribution in [2.24, 2.45) is 0 Å². The van der Waals surface area contributed by atoms with Crippen molar-refractivity contribution < 1.29 is 0 Å². The van der Waals surface area contributed by atoms with Gasteiger partial charge < -0.3 is 4.98 Å². The Hall–Kier alpha value is -1.24. The highest BCUT2D eigenvalue weighted by Crippen LogP contribution is 2.29. The van der Waals surface area contributed by atoms with Gasteiger partial charge in [-0.1, -0.05) is 19.9 Å². The van der Waals surface area contributed by atoms with Crippen LogP contribution in [-0.4, -0.2) is 4.98 Å². The summed E-state index contributed by atoms with van der Waals surface area (Å²) in [5.41, 5.74) is 8.13. The van der Waals surface area contributed by atoms with Gasteiger partial charge >= 0.3 is 0 Å². The molecule has 0 radical (unpaired) electrons. The van der Waals surface area contributed by atoms with E-state index in [1.807, 2.05) is 13.8 Å². The molecule has 1 heterocycles. The summed E-state index contributed by atoms with van der Waals surface area (Å²) in [5, 5.41) is 1.42. The van der Waals surface area contributed by atoms with E-state index in [1.54, 1.807) is 0 Å². The van der Waals surface area contributed by atoms with Crippen LogP contribution in [0.1, 0.15) is 41.8 Å². The first kappa shape index (κ1) is 12.8. The van der Waals surface area contributed by atoms with Gasteiger partial charge in [0.1, 0.15) is 0 Å². The van der Waals surface area contributed by atoms with Gasteiger partial charge in [-0.3, -0.25) is 0 Å². The number of nitrogens with one attached hydrogen (secondary N) is 1. The molecule has 0 aliphatic carbocycles. The van der Waals surface area contributed by atoms with Crippen LogP contribution in [0.15, 0.2) is 6.07 Å². The summed E-state index contributed by atoms with van der Waals surface area (Å²) in [6.07, 6.45) is 0. The molecular formula is C15H23N. The lowest BCUT2D eigenvalue weighted by Gasteiger charge is -2.05. The third-order valence-electron chi connectivity index (χ3n) is 3.29. The molecule has 0 bridgehead atoms. The average molecular weight is 217 g/mol. The molecule has 0 fully saturated rings. The number of hydrogen-bond donors (Lipinski definition) is 1. The van der Waals surface area contributed by atoms with E-state index >= 15 is 0 Å². The lowest BCUT2D eigenvalue weighted by Crippen LogP contribution is -1.86. The molecule has 1 aromatic heterocycles. The van der Waals surface area contributed by atoms with Gasteiger partial charge in [0.15, 0.2) is 0 Å². The zero-order valence-electron chi connectivity index (χ0n) is 11.6. The van der Waals surface area contributed by atoms with Crippen molar-refractivity contribution >= 4 is 10.9 Å². The van der Waals surface area contributed by atoms with Crippen molar-refractivity contribution in [3.05, 3.63) is 34.0 Å². The molecule has 0 spiro atoms. The number of rotatable bonds is 0. The minimum absolute atomic E-state index is 1.29. The molecular weight excluding hydrogens is 194 g/mol. The maximum absolute atomic E-state index is 3.46. The quantitative estimate of drug-likeness (QED) is 0.656. The highest BCUT2D eigenvalue weighted by atomic mass is 14.7. The summed E-state index contributed by atoms with van der Waals surface area (Å²) >= 11 is 0. The van der Waals surface area contributed by atoms with Crippen LogP contribution < -0.4 is 0 Å². The molecule has 16 heavy (non-hydrogen) atoms. The van der Waals surface area contributed by atoms with Gasteiger partial charge in [-0.05, 0) is 56.9 Å². The summed E-state index contributed by atoms with van der Waals surface area (Å²) in [7, 11) is 0. The number of hydrogen-bond acceptors (Lipinski definition) is 0. The first-order valence-corrected chi connectivity index (χ1v) is 6.08. The Bertz CT molecular complexity index is 504. The molecule has 2 rings (SSSR count). The number of aryl methyl sites for hydroxylation is 5.